The van der Waals surface area contributed by atoms with Crippen LogP contribution in [0.3, 0.4) is 0 Å². The summed E-state index contributed by atoms with van der Waals surface area (Å²) in [5.74, 6) is 1.10. The van der Waals surface area contributed by atoms with Crippen molar-refractivity contribution in [1.82, 2.24) is 9.97 Å². The van der Waals surface area contributed by atoms with Gasteiger partial charge in [0.1, 0.15) is 5.82 Å². The molecule has 2 N–H and O–H groups in total. The van der Waals surface area contributed by atoms with E-state index in [1.54, 1.807) is 0 Å². The Morgan fingerprint density at radius 3 is 2.63 bits per heavy atom. The molecule has 2 aromatic rings. The van der Waals surface area contributed by atoms with Crippen LogP contribution in [0.15, 0.2) is 60.8 Å². The van der Waals surface area contributed by atoms with Crippen LogP contribution in [0.2, 0.25) is 0 Å². The zero-order chi connectivity index (χ0) is 13.1. The minimum atomic E-state index is 0.291. The average Bonchev–Trinajstić information content (AvgIpc) is 2.48. The SMILES string of the molecule is Nc1nc(-c2ccccc2)cc(N2C=CC=CC2)n1. The summed E-state index contributed by atoms with van der Waals surface area (Å²) in [6.07, 6.45) is 8.04. The lowest BCUT2D eigenvalue weighted by atomic mass is 10.1. The van der Waals surface area contributed by atoms with E-state index in [9.17, 15) is 0 Å². The zero-order valence-corrected chi connectivity index (χ0v) is 10.4. The highest BCUT2D eigenvalue weighted by molar-refractivity contribution is 5.65. The van der Waals surface area contributed by atoms with Gasteiger partial charge in [-0.15, -0.1) is 0 Å². The number of rotatable bonds is 2. The highest BCUT2D eigenvalue weighted by Gasteiger charge is 2.09. The average molecular weight is 250 g/mol. The molecule has 0 aliphatic carbocycles. The second kappa shape index (κ2) is 4.94. The molecule has 94 valence electrons. The fraction of sp³-hybridized carbons (Fsp3) is 0.0667. The molecule has 3 rings (SSSR count). The highest BCUT2D eigenvalue weighted by Crippen LogP contribution is 2.23. The van der Waals surface area contributed by atoms with Crippen LogP contribution in [0.25, 0.3) is 11.3 Å². The minimum Gasteiger partial charge on any atom is -0.368 e. The topological polar surface area (TPSA) is 55.0 Å². The highest BCUT2D eigenvalue weighted by atomic mass is 15.2. The molecular weight excluding hydrogens is 236 g/mol. The van der Waals surface area contributed by atoms with E-state index < -0.39 is 0 Å². The van der Waals surface area contributed by atoms with Gasteiger partial charge in [0.05, 0.1) is 5.69 Å². The smallest absolute Gasteiger partial charge is 0.222 e. The Kier molecular flexibility index (Phi) is 2.98. The number of hydrogen-bond donors (Lipinski definition) is 1. The van der Waals surface area contributed by atoms with Crippen molar-refractivity contribution >= 4 is 11.8 Å². The molecule has 0 spiro atoms. The quantitative estimate of drug-likeness (QED) is 0.890. The van der Waals surface area contributed by atoms with Gasteiger partial charge in [-0.05, 0) is 6.08 Å². The molecule has 4 nitrogen and oxygen atoms in total. The van der Waals surface area contributed by atoms with Crippen molar-refractivity contribution < 1.29 is 0 Å². The molecule has 0 unspecified atom stereocenters. The van der Waals surface area contributed by atoms with Gasteiger partial charge in [-0.1, -0.05) is 42.5 Å². The number of anilines is 2. The Morgan fingerprint density at radius 1 is 1.05 bits per heavy atom. The third-order valence-electron chi connectivity index (χ3n) is 2.91. The standard InChI is InChI=1S/C15H14N4/c16-15-17-13(12-7-3-1-4-8-12)11-14(18-15)19-9-5-2-6-10-19/h1-9,11H,10H2,(H2,16,17,18). The summed E-state index contributed by atoms with van der Waals surface area (Å²) in [7, 11) is 0. The first-order chi connectivity index (χ1) is 9.33. The van der Waals surface area contributed by atoms with Gasteiger partial charge < -0.3 is 10.6 Å². The van der Waals surface area contributed by atoms with Crippen LogP contribution in [0.5, 0.6) is 0 Å². The number of hydrogen-bond acceptors (Lipinski definition) is 4. The van der Waals surface area contributed by atoms with Crippen LogP contribution in [-0.2, 0) is 0 Å². The first-order valence-electron chi connectivity index (χ1n) is 6.13. The number of nitrogens with two attached hydrogens (primary N) is 1. The summed E-state index contributed by atoms with van der Waals surface area (Å²) in [6, 6.07) is 11.9. The molecule has 0 saturated carbocycles. The largest absolute Gasteiger partial charge is 0.368 e. The summed E-state index contributed by atoms with van der Waals surface area (Å²) in [6.45, 7) is 0.793. The molecule has 0 saturated heterocycles. The van der Waals surface area contributed by atoms with Crippen LogP contribution >= 0.6 is 0 Å². The molecule has 1 aromatic heterocycles. The first-order valence-corrected chi connectivity index (χ1v) is 6.13. The second-order valence-electron chi connectivity index (χ2n) is 4.26. The van der Waals surface area contributed by atoms with E-state index in [4.69, 9.17) is 5.73 Å². The van der Waals surface area contributed by atoms with E-state index in [1.165, 1.54) is 0 Å². The van der Waals surface area contributed by atoms with Crippen molar-refractivity contribution in [2.45, 2.75) is 0 Å². The van der Waals surface area contributed by atoms with Gasteiger partial charge in [-0.3, -0.25) is 0 Å². The van der Waals surface area contributed by atoms with Crippen molar-refractivity contribution in [2.24, 2.45) is 0 Å². The van der Waals surface area contributed by atoms with Gasteiger partial charge in [0.15, 0.2) is 0 Å². The van der Waals surface area contributed by atoms with Crippen molar-refractivity contribution in [3.8, 4) is 11.3 Å². The van der Waals surface area contributed by atoms with Crippen LogP contribution in [-0.4, -0.2) is 16.5 Å². The molecule has 0 amide bonds. The van der Waals surface area contributed by atoms with Crippen molar-refractivity contribution in [1.29, 1.82) is 0 Å². The van der Waals surface area contributed by atoms with E-state index in [1.807, 2.05) is 59.7 Å². The fourth-order valence-electron chi connectivity index (χ4n) is 1.99. The van der Waals surface area contributed by atoms with Crippen molar-refractivity contribution in [2.75, 3.05) is 17.2 Å². The predicted molar refractivity (Wildman–Crippen MR) is 77.5 cm³/mol. The van der Waals surface area contributed by atoms with Crippen molar-refractivity contribution in [3.05, 3.63) is 60.8 Å². The molecule has 2 heterocycles. The molecular formula is C15H14N4. The third-order valence-corrected chi connectivity index (χ3v) is 2.91. The molecule has 1 aliphatic rings. The van der Waals surface area contributed by atoms with Crippen LogP contribution in [0.1, 0.15) is 0 Å². The Hall–Kier alpha value is -2.62. The predicted octanol–water partition coefficient (Wildman–Crippen LogP) is 2.62. The maximum atomic E-state index is 5.81. The molecule has 0 radical (unpaired) electrons. The van der Waals surface area contributed by atoms with Crippen LogP contribution in [0.4, 0.5) is 11.8 Å². The maximum Gasteiger partial charge on any atom is 0.222 e. The molecule has 0 fully saturated rings. The molecule has 1 aromatic carbocycles. The van der Waals surface area contributed by atoms with Gasteiger partial charge in [0.25, 0.3) is 0 Å². The van der Waals surface area contributed by atoms with Gasteiger partial charge in [0, 0.05) is 24.4 Å². The van der Waals surface area contributed by atoms with E-state index >= 15 is 0 Å². The Labute approximate surface area is 111 Å². The molecule has 19 heavy (non-hydrogen) atoms. The lowest BCUT2D eigenvalue weighted by Crippen LogP contribution is -2.19. The summed E-state index contributed by atoms with van der Waals surface area (Å²) in [4.78, 5) is 10.6. The van der Waals surface area contributed by atoms with E-state index in [0.717, 1.165) is 23.6 Å². The number of allylic oxidation sites excluding steroid dienone is 2. The second-order valence-corrected chi connectivity index (χ2v) is 4.26. The third kappa shape index (κ3) is 2.47. The summed E-state index contributed by atoms with van der Waals surface area (Å²) >= 11 is 0. The summed E-state index contributed by atoms with van der Waals surface area (Å²) in [5, 5.41) is 0. The Morgan fingerprint density at radius 2 is 1.89 bits per heavy atom. The maximum absolute atomic E-state index is 5.81. The van der Waals surface area contributed by atoms with Crippen molar-refractivity contribution in [3.63, 3.8) is 0 Å². The van der Waals surface area contributed by atoms with Gasteiger partial charge >= 0.3 is 0 Å². The Bertz CT molecular complexity index is 632. The first kappa shape index (κ1) is 11.5. The van der Waals surface area contributed by atoms with E-state index in [2.05, 4.69) is 16.0 Å². The normalized spacial score (nSPS) is 13.8. The number of aromatic nitrogens is 2. The number of nitrogens with zero attached hydrogens (tertiary/aromatic N) is 3. The van der Waals surface area contributed by atoms with Crippen LogP contribution in [0, 0.1) is 0 Å². The molecule has 1 aliphatic heterocycles. The molecule has 0 bridgehead atoms. The lowest BCUT2D eigenvalue weighted by Gasteiger charge is -2.20. The molecule has 0 atom stereocenters. The van der Waals surface area contributed by atoms with E-state index in [-0.39, 0.29) is 0 Å². The Balaban J connectivity index is 2.01. The van der Waals surface area contributed by atoms with Crippen LogP contribution < -0.4 is 10.6 Å². The lowest BCUT2D eigenvalue weighted by molar-refractivity contribution is 1.02. The fourth-order valence-corrected chi connectivity index (χ4v) is 1.99. The minimum absolute atomic E-state index is 0.291. The monoisotopic (exact) mass is 250 g/mol. The zero-order valence-electron chi connectivity index (χ0n) is 10.4. The van der Waals surface area contributed by atoms with Gasteiger partial charge in [-0.25, -0.2) is 4.98 Å². The van der Waals surface area contributed by atoms with E-state index in [0.29, 0.717) is 5.95 Å². The van der Waals surface area contributed by atoms with Gasteiger partial charge in [0.2, 0.25) is 5.95 Å². The summed E-state index contributed by atoms with van der Waals surface area (Å²) < 4.78 is 0. The summed E-state index contributed by atoms with van der Waals surface area (Å²) in [5.41, 5.74) is 7.69. The van der Waals surface area contributed by atoms with Gasteiger partial charge in [-0.2, -0.15) is 4.98 Å². The molecule has 4 heteroatoms. The number of nitrogen functional groups attached to an aromatic ring is 1. The number of benzene rings is 1.